The number of hydrogen-bond donors (Lipinski definition) is 0. The van der Waals surface area contributed by atoms with Crippen molar-refractivity contribution in [2.75, 3.05) is 106 Å². The molecule has 8 nitrogen and oxygen atoms in total. The van der Waals surface area contributed by atoms with Crippen molar-refractivity contribution in [1.82, 2.24) is 0 Å². The third-order valence-electron chi connectivity index (χ3n) is 6.65. The van der Waals surface area contributed by atoms with Gasteiger partial charge in [0.25, 0.3) is 0 Å². The molecule has 190 valence electrons. The van der Waals surface area contributed by atoms with Gasteiger partial charge < -0.3 is 37.9 Å². The maximum absolute atomic E-state index is 5.76. The Morgan fingerprint density at radius 3 is 0.906 bits per heavy atom. The summed E-state index contributed by atoms with van der Waals surface area (Å²) >= 11 is 0. The predicted molar refractivity (Wildman–Crippen MR) is 121 cm³/mol. The summed E-state index contributed by atoms with van der Waals surface area (Å²) in [6.45, 7) is 19.3. The minimum Gasteiger partial charge on any atom is -0.380 e. The van der Waals surface area contributed by atoms with Crippen molar-refractivity contribution in [2.24, 2.45) is 22.7 Å². The predicted octanol–water partition coefficient (Wildman–Crippen LogP) is 2.43. The first-order valence-electron chi connectivity index (χ1n) is 12.1. The third kappa shape index (κ3) is 9.50. The maximum atomic E-state index is 5.76. The van der Waals surface area contributed by atoms with Crippen LogP contribution in [0.5, 0.6) is 0 Å². The maximum Gasteiger partial charge on any atom is 0.0701 e. The van der Waals surface area contributed by atoms with Crippen LogP contribution < -0.4 is 0 Å². The molecule has 2 aliphatic rings. The molecule has 0 aromatic heterocycles. The van der Waals surface area contributed by atoms with Crippen molar-refractivity contribution in [1.29, 1.82) is 0 Å². The zero-order valence-corrected chi connectivity index (χ0v) is 20.7. The van der Waals surface area contributed by atoms with E-state index in [-0.39, 0.29) is 10.8 Å². The lowest BCUT2D eigenvalue weighted by molar-refractivity contribution is -0.174. The molecule has 2 saturated heterocycles. The summed E-state index contributed by atoms with van der Waals surface area (Å²) < 4.78 is 44.3. The Morgan fingerprint density at radius 2 is 0.719 bits per heavy atom. The first-order chi connectivity index (χ1) is 15.5. The van der Waals surface area contributed by atoms with Crippen molar-refractivity contribution in [2.45, 2.75) is 27.7 Å². The summed E-state index contributed by atoms with van der Waals surface area (Å²) in [6, 6.07) is 0. The largest absolute Gasteiger partial charge is 0.380 e. The quantitative estimate of drug-likeness (QED) is 0.241. The lowest BCUT2D eigenvalue weighted by atomic mass is 9.76. The van der Waals surface area contributed by atoms with E-state index in [0.717, 1.165) is 39.6 Å². The van der Waals surface area contributed by atoms with E-state index in [1.807, 2.05) is 0 Å². The van der Waals surface area contributed by atoms with Crippen molar-refractivity contribution in [3.8, 4) is 0 Å². The van der Waals surface area contributed by atoms with Crippen LogP contribution in [-0.4, -0.2) is 106 Å². The van der Waals surface area contributed by atoms with E-state index < -0.39 is 0 Å². The number of rotatable bonds is 21. The molecule has 2 rings (SSSR count). The van der Waals surface area contributed by atoms with Crippen molar-refractivity contribution < 1.29 is 37.9 Å². The van der Waals surface area contributed by atoms with Crippen LogP contribution in [0.1, 0.15) is 27.7 Å². The van der Waals surface area contributed by atoms with Gasteiger partial charge in [0.15, 0.2) is 0 Å². The van der Waals surface area contributed by atoms with Gasteiger partial charge in [0.2, 0.25) is 0 Å². The second kappa shape index (κ2) is 15.6. The van der Waals surface area contributed by atoms with Gasteiger partial charge in [-0.2, -0.15) is 0 Å². The molecule has 0 aliphatic carbocycles. The zero-order chi connectivity index (χ0) is 23.1. The molecule has 0 unspecified atom stereocenters. The van der Waals surface area contributed by atoms with Gasteiger partial charge >= 0.3 is 0 Å². The molecule has 0 aromatic rings. The SMILES string of the molecule is CC(C)C1(COCCOCCOCCOCCOCCOCC2(C(C)C)COC2)COC1. The highest BCUT2D eigenvalue weighted by Gasteiger charge is 2.42. The molecule has 0 aromatic carbocycles. The molecular weight excluding hydrogens is 416 g/mol. The van der Waals surface area contributed by atoms with E-state index in [1.165, 1.54) is 0 Å². The minimum atomic E-state index is 0.199. The minimum absolute atomic E-state index is 0.199. The molecule has 0 atom stereocenters. The van der Waals surface area contributed by atoms with Crippen LogP contribution in [0.3, 0.4) is 0 Å². The van der Waals surface area contributed by atoms with Gasteiger partial charge in [-0.05, 0) is 11.8 Å². The van der Waals surface area contributed by atoms with Crippen molar-refractivity contribution in [3.05, 3.63) is 0 Å². The molecular formula is C24H46O8. The first kappa shape index (κ1) is 27.9. The summed E-state index contributed by atoms with van der Waals surface area (Å²) in [5.41, 5.74) is 0.397. The van der Waals surface area contributed by atoms with Gasteiger partial charge in [0, 0.05) is 10.8 Å². The molecule has 8 heteroatoms. The highest BCUT2D eigenvalue weighted by atomic mass is 16.6. The van der Waals surface area contributed by atoms with Crippen molar-refractivity contribution >= 4 is 0 Å². The van der Waals surface area contributed by atoms with Gasteiger partial charge in [0.1, 0.15) is 0 Å². The second-order valence-electron chi connectivity index (χ2n) is 9.57. The number of hydrogen-bond acceptors (Lipinski definition) is 8. The molecule has 2 heterocycles. The van der Waals surface area contributed by atoms with Gasteiger partial charge in [-0.3, -0.25) is 0 Å². The Labute approximate surface area is 194 Å². The highest BCUT2D eigenvalue weighted by Crippen LogP contribution is 2.36. The van der Waals surface area contributed by atoms with Gasteiger partial charge in [-0.15, -0.1) is 0 Å². The summed E-state index contributed by atoms with van der Waals surface area (Å²) in [5, 5.41) is 0. The van der Waals surface area contributed by atoms with Crippen LogP contribution in [0.2, 0.25) is 0 Å². The van der Waals surface area contributed by atoms with Crippen LogP contribution in [-0.2, 0) is 37.9 Å². The van der Waals surface area contributed by atoms with Gasteiger partial charge in [0.05, 0.1) is 106 Å². The average Bonchev–Trinajstić information content (AvgIpc) is 2.69. The highest BCUT2D eigenvalue weighted by molar-refractivity contribution is 4.88. The van der Waals surface area contributed by atoms with E-state index in [4.69, 9.17) is 37.9 Å². The smallest absolute Gasteiger partial charge is 0.0701 e. The van der Waals surface area contributed by atoms with E-state index >= 15 is 0 Å². The molecule has 0 radical (unpaired) electrons. The zero-order valence-electron chi connectivity index (χ0n) is 20.7. The van der Waals surface area contributed by atoms with E-state index in [2.05, 4.69) is 27.7 Å². The molecule has 2 fully saturated rings. The standard InChI is InChI=1S/C24H46O8/c1-21(2)23(17-31-18-23)15-29-13-11-27-9-7-25-5-6-26-8-10-28-12-14-30-16-24(22(3)4)19-32-20-24/h21-22H,5-20H2,1-4H3. The third-order valence-corrected chi connectivity index (χ3v) is 6.65. The Balaban J connectivity index is 1.24. The van der Waals surface area contributed by atoms with E-state index in [0.29, 0.717) is 77.9 Å². The van der Waals surface area contributed by atoms with Crippen LogP contribution >= 0.6 is 0 Å². The van der Waals surface area contributed by atoms with E-state index in [9.17, 15) is 0 Å². The van der Waals surface area contributed by atoms with E-state index in [1.54, 1.807) is 0 Å². The Morgan fingerprint density at radius 1 is 0.469 bits per heavy atom. The number of ether oxygens (including phenoxy) is 8. The Hall–Kier alpha value is -0.320. The molecule has 0 bridgehead atoms. The van der Waals surface area contributed by atoms with Gasteiger partial charge in [-0.25, -0.2) is 0 Å². The van der Waals surface area contributed by atoms with Crippen LogP contribution in [0.25, 0.3) is 0 Å². The Kier molecular flexibility index (Phi) is 13.6. The van der Waals surface area contributed by atoms with Gasteiger partial charge in [-0.1, -0.05) is 27.7 Å². The molecule has 0 saturated carbocycles. The van der Waals surface area contributed by atoms with Crippen LogP contribution in [0, 0.1) is 22.7 Å². The molecule has 32 heavy (non-hydrogen) atoms. The fourth-order valence-corrected chi connectivity index (χ4v) is 3.44. The molecule has 0 amide bonds. The van der Waals surface area contributed by atoms with Crippen LogP contribution in [0.4, 0.5) is 0 Å². The molecule has 2 aliphatic heterocycles. The van der Waals surface area contributed by atoms with Crippen LogP contribution in [0.15, 0.2) is 0 Å². The molecule has 0 N–H and O–H groups in total. The first-order valence-corrected chi connectivity index (χ1v) is 12.1. The van der Waals surface area contributed by atoms with Crippen molar-refractivity contribution in [3.63, 3.8) is 0 Å². The topological polar surface area (TPSA) is 73.8 Å². The fraction of sp³-hybridized carbons (Fsp3) is 1.00. The summed E-state index contributed by atoms with van der Waals surface area (Å²) in [7, 11) is 0. The average molecular weight is 463 g/mol. The lowest BCUT2D eigenvalue weighted by Gasteiger charge is -2.44. The normalized spacial score (nSPS) is 19.3. The second-order valence-corrected chi connectivity index (χ2v) is 9.57. The summed E-state index contributed by atoms with van der Waals surface area (Å²) in [6.07, 6.45) is 0. The molecule has 0 spiro atoms. The summed E-state index contributed by atoms with van der Waals surface area (Å²) in [4.78, 5) is 0. The monoisotopic (exact) mass is 462 g/mol. The Bertz CT molecular complexity index is 421. The fourth-order valence-electron chi connectivity index (χ4n) is 3.44. The lowest BCUT2D eigenvalue weighted by Crippen LogP contribution is -2.50. The summed E-state index contributed by atoms with van der Waals surface area (Å²) in [5.74, 6) is 1.15.